The van der Waals surface area contributed by atoms with Gasteiger partial charge in [0.15, 0.2) is 0 Å². The molecule has 4 nitrogen and oxygen atoms in total. The summed E-state index contributed by atoms with van der Waals surface area (Å²) in [4.78, 5) is 0. The Morgan fingerprint density at radius 3 is 2.46 bits per heavy atom. The smallest absolute Gasteiger partial charge is 0.406 e. The zero-order valence-corrected chi connectivity index (χ0v) is 15.2. The summed E-state index contributed by atoms with van der Waals surface area (Å²) < 4.78 is 42.9. The number of nitrogens with one attached hydrogen (secondary N) is 1. The van der Waals surface area contributed by atoms with Crippen LogP contribution in [0.3, 0.4) is 0 Å². The average molecular weight is 387 g/mol. The lowest BCUT2D eigenvalue weighted by Gasteiger charge is -2.11. The Kier molecular flexibility index (Phi) is 4.98. The molecule has 0 atom stereocenters. The molecule has 1 aliphatic rings. The van der Waals surface area contributed by atoms with Crippen LogP contribution in [0.15, 0.2) is 54.6 Å². The van der Waals surface area contributed by atoms with Crippen molar-refractivity contribution in [2.75, 3.05) is 11.9 Å². The molecule has 1 N–H and O–H groups in total. The molecule has 0 unspecified atom stereocenters. The first kappa shape index (κ1) is 18.4. The summed E-state index contributed by atoms with van der Waals surface area (Å²) in [5.41, 5.74) is 4.04. The van der Waals surface area contributed by atoms with Gasteiger partial charge in [-0.15, -0.1) is 13.2 Å². The Labute approximate surface area is 160 Å². The summed E-state index contributed by atoms with van der Waals surface area (Å²) in [5.74, 6) is 0.680. The molecule has 3 aromatic rings. The molecule has 2 heterocycles. The second kappa shape index (κ2) is 7.58. The third kappa shape index (κ3) is 4.13. The van der Waals surface area contributed by atoms with Gasteiger partial charge in [-0.1, -0.05) is 30.3 Å². The number of rotatable bonds is 4. The lowest BCUT2D eigenvalue weighted by Crippen LogP contribution is -2.17. The van der Waals surface area contributed by atoms with E-state index in [2.05, 4.69) is 22.2 Å². The number of ether oxygens (including phenoxy) is 1. The SMILES string of the molecule is FC(F)(F)Oc1ccc(-n2nc(Cc3ccccc3)c3c2NCCCC3)cc1. The zero-order valence-electron chi connectivity index (χ0n) is 15.2. The zero-order chi connectivity index (χ0) is 19.6. The highest BCUT2D eigenvalue weighted by atomic mass is 19.4. The van der Waals surface area contributed by atoms with Gasteiger partial charge in [-0.05, 0) is 49.1 Å². The Balaban J connectivity index is 1.68. The molecule has 0 amide bonds. The molecule has 0 radical (unpaired) electrons. The highest BCUT2D eigenvalue weighted by molar-refractivity contribution is 5.55. The molecule has 7 heteroatoms. The molecule has 146 valence electrons. The molecule has 1 aliphatic heterocycles. The molecule has 0 fully saturated rings. The molecule has 4 rings (SSSR count). The molecule has 0 saturated heterocycles. The topological polar surface area (TPSA) is 39.1 Å². The maximum Gasteiger partial charge on any atom is 0.573 e. The Bertz CT molecular complexity index is 934. The number of fused-ring (bicyclic) bond motifs is 1. The van der Waals surface area contributed by atoms with Gasteiger partial charge < -0.3 is 10.1 Å². The number of anilines is 1. The normalized spacial score (nSPS) is 14.1. The van der Waals surface area contributed by atoms with Crippen molar-refractivity contribution in [3.05, 3.63) is 71.4 Å². The van der Waals surface area contributed by atoms with Crippen molar-refractivity contribution in [1.82, 2.24) is 9.78 Å². The number of halogens is 3. The minimum absolute atomic E-state index is 0.244. The van der Waals surface area contributed by atoms with Crippen LogP contribution in [0.4, 0.5) is 19.0 Å². The van der Waals surface area contributed by atoms with Crippen LogP contribution in [0, 0.1) is 0 Å². The fraction of sp³-hybridized carbons (Fsp3) is 0.286. The predicted molar refractivity (Wildman–Crippen MR) is 101 cm³/mol. The van der Waals surface area contributed by atoms with Gasteiger partial charge in [-0.25, -0.2) is 4.68 Å². The Hall–Kier alpha value is -2.96. The second-order valence-electron chi connectivity index (χ2n) is 6.77. The average Bonchev–Trinajstić information content (AvgIpc) is 2.84. The molecule has 0 bridgehead atoms. The van der Waals surface area contributed by atoms with Gasteiger partial charge in [0.05, 0.1) is 11.4 Å². The van der Waals surface area contributed by atoms with E-state index in [4.69, 9.17) is 5.10 Å². The van der Waals surface area contributed by atoms with Crippen molar-refractivity contribution in [2.24, 2.45) is 0 Å². The third-order valence-electron chi connectivity index (χ3n) is 4.74. The quantitative estimate of drug-likeness (QED) is 0.676. The fourth-order valence-corrected chi connectivity index (χ4v) is 3.48. The maximum atomic E-state index is 12.4. The standard InChI is InChI=1S/C21H20F3N3O/c22-21(23,24)28-17-11-9-16(10-12-17)27-20-18(8-4-5-13-25-20)19(26-27)14-15-6-2-1-3-7-15/h1-3,6-7,9-12,25H,4-5,8,13-14H2. The number of nitrogens with zero attached hydrogens (tertiary/aromatic N) is 2. The van der Waals surface area contributed by atoms with E-state index in [0.717, 1.165) is 37.3 Å². The highest BCUT2D eigenvalue weighted by Gasteiger charge is 2.31. The van der Waals surface area contributed by atoms with Gasteiger partial charge in [0.1, 0.15) is 11.6 Å². The van der Waals surface area contributed by atoms with Crippen molar-refractivity contribution >= 4 is 5.82 Å². The van der Waals surface area contributed by atoms with Crippen molar-refractivity contribution in [1.29, 1.82) is 0 Å². The van der Waals surface area contributed by atoms with E-state index in [1.165, 1.54) is 23.3 Å². The van der Waals surface area contributed by atoms with Crippen LogP contribution in [0.5, 0.6) is 5.75 Å². The minimum atomic E-state index is -4.70. The van der Waals surface area contributed by atoms with Crippen molar-refractivity contribution in [2.45, 2.75) is 32.0 Å². The highest BCUT2D eigenvalue weighted by Crippen LogP contribution is 2.30. The Morgan fingerprint density at radius 2 is 1.75 bits per heavy atom. The van der Waals surface area contributed by atoms with Crippen LogP contribution in [0.1, 0.15) is 29.7 Å². The van der Waals surface area contributed by atoms with Gasteiger partial charge >= 0.3 is 6.36 Å². The maximum absolute atomic E-state index is 12.4. The fourth-order valence-electron chi connectivity index (χ4n) is 3.48. The monoisotopic (exact) mass is 387 g/mol. The summed E-state index contributed by atoms with van der Waals surface area (Å²) in [6.07, 6.45) is -0.911. The van der Waals surface area contributed by atoms with Crippen LogP contribution in [-0.2, 0) is 12.8 Å². The van der Waals surface area contributed by atoms with E-state index >= 15 is 0 Å². The largest absolute Gasteiger partial charge is 0.573 e. The third-order valence-corrected chi connectivity index (χ3v) is 4.74. The number of hydrogen-bond acceptors (Lipinski definition) is 3. The second-order valence-corrected chi connectivity index (χ2v) is 6.77. The molecule has 0 saturated carbocycles. The van der Waals surface area contributed by atoms with Crippen molar-refractivity contribution in [3.8, 4) is 11.4 Å². The van der Waals surface area contributed by atoms with Gasteiger partial charge in [0.2, 0.25) is 0 Å². The summed E-state index contributed by atoms with van der Waals surface area (Å²) in [7, 11) is 0. The van der Waals surface area contributed by atoms with Gasteiger partial charge in [0, 0.05) is 18.5 Å². The predicted octanol–water partition coefficient (Wildman–Crippen LogP) is 5.11. The van der Waals surface area contributed by atoms with E-state index in [-0.39, 0.29) is 5.75 Å². The lowest BCUT2D eigenvalue weighted by molar-refractivity contribution is -0.274. The van der Waals surface area contributed by atoms with E-state index < -0.39 is 6.36 Å². The molecule has 0 spiro atoms. The molecular formula is C21H20F3N3O. The lowest BCUT2D eigenvalue weighted by atomic mass is 10.0. The van der Waals surface area contributed by atoms with Crippen molar-refractivity contribution < 1.29 is 17.9 Å². The van der Waals surface area contributed by atoms with Crippen molar-refractivity contribution in [3.63, 3.8) is 0 Å². The van der Waals surface area contributed by atoms with Gasteiger partial charge in [-0.3, -0.25) is 0 Å². The number of benzene rings is 2. The summed E-state index contributed by atoms with van der Waals surface area (Å²) in [6, 6.07) is 15.9. The molecule has 28 heavy (non-hydrogen) atoms. The first-order chi connectivity index (χ1) is 13.5. The van der Waals surface area contributed by atoms with Crippen LogP contribution in [0.25, 0.3) is 5.69 Å². The minimum Gasteiger partial charge on any atom is -0.406 e. The summed E-state index contributed by atoms with van der Waals surface area (Å²) in [6.45, 7) is 0.846. The van der Waals surface area contributed by atoms with Crippen LogP contribution < -0.4 is 10.1 Å². The number of alkyl halides is 3. The summed E-state index contributed by atoms with van der Waals surface area (Å²) in [5, 5.41) is 8.23. The summed E-state index contributed by atoms with van der Waals surface area (Å²) >= 11 is 0. The molecule has 0 aliphatic carbocycles. The first-order valence-electron chi connectivity index (χ1n) is 9.24. The van der Waals surface area contributed by atoms with Gasteiger partial charge in [-0.2, -0.15) is 5.10 Å². The first-order valence-corrected chi connectivity index (χ1v) is 9.24. The van der Waals surface area contributed by atoms with Gasteiger partial charge in [0.25, 0.3) is 0 Å². The van der Waals surface area contributed by atoms with Crippen LogP contribution in [0.2, 0.25) is 0 Å². The van der Waals surface area contributed by atoms with Crippen LogP contribution >= 0.6 is 0 Å². The molecule has 1 aromatic heterocycles. The number of aromatic nitrogens is 2. The van der Waals surface area contributed by atoms with E-state index in [0.29, 0.717) is 12.1 Å². The van der Waals surface area contributed by atoms with E-state index in [1.54, 1.807) is 16.8 Å². The number of hydrogen-bond donors (Lipinski definition) is 1. The Morgan fingerprint density at radius 1 is 1.00 bits per heavy atom. The molecular weight excluding hydrogens is 367 g/mol. The van der Waals surface area contributed by atoms with E-state index in [1.807, 2.05) is 18.2 Å². The van der Waals surface area contributed by atoms with Crippen LogP contribution in [-0.4, -0.2) is 22.7 Å². The molecule has 2 aromatic carbocycles. The van der Waals surface area contributed by atoms with E-state index in [9.17, 15) is 13.2 Å².